The summed E-state index contributed by atoms with van der Waals surface area (Å²) in [5, 5.41) is 8.03. The highest BCUT2D eigenvalue weighted by molar-refractivity contribution is 6.20. The maximum Gasteiger partial charge on any atom is 0.0972 e. The van der Waals surface area contributed by atoms with Crippen LogP contribution in [0.1, 0.15) is 0 Å². The zero-order valence-electron chi connectivity index (χ0n) is 31.9. The van der Waals surface area contributed by atoms with E-state index in [0.29, 0.717) is 0 Å². The first-order valence-corrected chi connectivity index (χ1v) is 20.0. The summed E-state index contributed by atoms with van der Waals surface area (Å²) < 4.78 is 2.39. The number of hydrogen-bond acceptors (Lipinski definition) is 3. The molecule has 0 amide bonds. The summed E-state index contributed by atoms with van der Waals surface area (Å²) in [6.45, 7) is 0. The fraction of sp³-hybridized carbons (Fsp3) is 0. The second-order valence-electron chi connectivity index (χ2n) is 15.2. The number of benzene rings is 8. The third kappa shape index (κ3) is 5.49. The molecule has 12 aromatic rings. The average molecular weight is 751 g/mol. The molecule has 0 unspecified atom stereocenters. The number of pyridine rings is 3. The summed E-state index contributed by atoms with van der Waals surface area (Å²) in [6, 6.07) is 73.2. The quantitative estimate of drug-likeness (QED) is 0.165. The number of fused-ring (bicyclic) bond motifs is 9. The van der Waals surface area contributed by atoms with Gasteiger partial charge in [0, 0.05) is 54.7 Å². The van der Waals surface area contributed by atoms with Crippen molar-refractivity contribution in [1.82, 2.24) is 19.5 Å². The molecule has 0 atom stereocenters. The van der Waals surface area contributed by atoms with Crippen molar-refractivity contribution < 1.29 is 0 Å². The minimum atomic E-state index is 0.908. The molecule has 274 valence electrons. The van der Waals surface area contributed by atoms with Gasteiger partial charge in [0.25, 0.3) is 0 Å². The van der Waals surface area contributed by atoms with Crippen LogP contribution >= 0.6 is 0 Å². The molecule has 0 radical (unpaired) electrons. The van der Waals surface area contributed by atoms with Crippen LogP contribution in [-0.2, 0) is 0 Å². The van der Waals surface area contributed by atoms with Gasteiger partial charge in [-0.2, -0.15) is 0 Å². The second kappa shape index (κ2) is 13.3. The smallest absolute Gasteiger partial charge is 0.0972 e. The van der Waals surface area contributed by atoms with Gasteiger partial charge in [-0.05, 0) is 71.1 Å². The predicted molar refractivity (Wildman–Crippen MR) is 246 cm³/mol. The summed E-state index contributed by atoms with van der Waals surface area (Å²) in [6.07, 6.45) is 0. The summed E-state index contributed by atoms with van der Waals surface area (Å²) >= 11 is 0. The maximum absolute atomic E-state index is 5.36. The molecule has 4 aromatic heterocycles. The van der Waals surface area contributed by atoms with Crippen molar-refractivity contribution in [1.29, 1.82) is 0 Å². The monoisotopic (exact) mass is 750 g/mol. The van der Waals surface area contributed by atoms with Gasteiger partial charge < -0.3 is 4.57 Å². The first-order valence-electron chi connectivity index (χ1n) is 20.0. The summed E-state index contributed by atoms with van der Waals surface area (Å²) in [4.78, 5) is 15.7. The molecule has 12 rings (SSSR count). The highest BCUT2D eigenvalue weighted by Gasteiger charge is 2.18. The molecule has 0 fully saturated rings. The van der Waals surface area contributed by atoms with Gasteiger partial charge in [-0.25, -0.2) is 15.0 Å². The molecule has 8 aromatic carbocycles. The van der Waals surface area contributed by atoms with Crippen molar-refractivity contribution >= 4 is 65.3 Å². The van der Waals surface area contributed by atoms with Gasteiger partial charge in [-0.1, -0.05) is 152 Å². The van der Waals surface area contributed by atoms with E-state index in [2.05, 4.69) is 193 Å². The van der Waals surface area contributed by atoms with Gasteiger partial charge in [0.1, 0.15) is 0 Å². The number of para-hydroxylation sites is 2. The van der Waals surface area contributed by atoms with Crippen LogP contribution in [0.5, 0.6) is 0 Å². The predicted octanol–water partition coefficient (Wildman–Crippen LogP) is 14.2. The Labute approximate surface area is 340 Å². The Morgan fingerprint density at radius 2 is 0.864 bits per heavy atom. The van der Waals surface area contributed by atoms with E-state index in [4.69, 9.17) is 15.0 Å². The minimum Gasteiger partial charge on any atom is -0.309 e. The molecular weight excluding hydrogens is 717 g/mol. The van der Waals surface area contributed by atoms with Crippen molar-refractivity contribution in [2.24, 2.45) is 0 Å². The van der Waals surface area contributed by atoms with Crippen LogP contribution in [0.25, 0.3) is 116 Å². The van der Waals surface area contributed by atoms with Gasteiger partial charge in [-0.15, -0.1) is 0 Å². The SMILES string of the molecule is c1ccc(-c2ccc3ccc4ccc(-c5ccc(-c6ccc7nc(-c8ccccc8)c8cc9c%10ccccc%10n(-c%10ccccc%10)c9cc8c7c6)cc5)nc4c3n2)cc1. The zero-order chi connectivity index (χ0) is 38.9. The first-order chi connectivity index (χ1) is 29.2. The standard InChI is InChI=1S/C55H34N4/c1-4-12-36(13-5-1)48-29-26-39-24-25-40-27-30-49(57-55(40)54(39)56-48)37-22-20-35(21-23-37)41-28-31-50-45(32-41)44-34-52-46(33-47(44)53(58-50)38-14-6-2-7-15-38)43-18-10-11-19-51(43)59(52)42-16-8-3-9-17-42/h1-34H. The zero-order valence-corrected chi connectivity index (χ0v) is 31.9. The number of hydrogen-bond donors (Lipinski definition) is 0. The fourth-order valence-corrected chi connectivity index (χ4v) is 8.85. The van der Waals surface area contributed by atoms with E-state index in [0.717, 1.165) is 88.7 Å². The van der Waals surface area contributed by atoms with E-state index in [-0.39, 0.29) is 0 Å². The molecule has 4 heterocycles. The summed E-state index contributed by atoms with van der Waals surface area (Å²) in [5.74, 6) is 0. The van der Waals surface area contributed by atoms with E-state index >= 15 is 0 Å². The highest BCUT2D eigenvalue weighted by atomic mass is 15.0. The molecular formula is C55H34N4. The van der Waals surface area contributed by atoms with Crippen LogP contribution in [0.3, 0.4) is 0 Å². The van der Waals surface area contributed by atoms with Gasteiger partial charge in [0.15, 0.2) is 0 Å². The van der Waals surface area contributed by atoms with Gasteiger partial charge >= 0.3 is 0 Å². The number of rotatable bonds is 5. The van der Waals surface area contributed by atoms with E-state index in [1.807, 2.05) is 18.2 Å². The summed E-state index contributed by atoms with van der Waals surface area (Å²) in [5.41, 5.74) is 14.7. The number of nitrogens with zero attached hydrogens (tertiary/aromatic N) is 4. The van der Waals surface area contributed by atoms with Crippen LogP contribution in [0.4, 0.5) is 0 Å². The van der Waals surface area contributed by atoms with Gasteiger partial charge in [0.05, 0.1) is 44.7 Å². The van der Waals surface area contributed by atoms with Gasteiger partial charge in [-0.3, -0.25) is 0 Å². The Hall–Kier alpha value is -7.95. The molecule has 0 bridgehead atoms. The molecule has 0 N–H and O–H groups in total. The van der Waals surface area contributed by atoms with Crippen LogP contribution in [0.15, 0.2) is 206 Å². The van der Waals surface area contributed by atoms with Crippen LogP contribution in [-0.4, -0.2) is 19.5 Å². The van der Waals surface area contributed by atoms with Crippen molar-refractivity contribution in [3.63, 3.8) is 0 Å². The molecule has 0 aliphatic carbocycles. The molecule has 0 aliphatic heterocycles. The lowest BCUT2D eigenvalue weighted by atomic mass is 9.95. The maximum atomic E-state index is 5.36. The second-order valence-corrected chi connectivity index (χ2v) is 15.2. The summed E-state index contributed by atoms with van der Waals surface area (Å²) in [7, 11) is 0. The van der Waals surface area contributed by atoms with Crippen LogP contribution in [0, 0.1) is 0 Å². The van der Waals surface area contributed by atoms with E-state index < -0.39 is 0 Å². The van der Waals surface area contributed by atoms with E-state index in [1.54, 1.807) is 0 Å². The molecule has 4 nitrogen and oxygen atoms in total. The van der Waals surface area contributed by atoms with Gasteiger partial charge in [0.2, 0.25) is 0 Å². The average Bonchev–Trinajstić information content (AvgIpc) is 3.64. The first kappa shape index (κ1) is 33.2. The Morgan fingerprint density at radius 1 is 0.305 bits per heavy atom. The van der Waals surface area contributed by atoms with Crippen LogP contribution < -0.4 is 0 Å². The third-order valence-electron chi connectivity index (χ3n) is 11.8. The number of aromatic nitrogens is 4. The molecule has 59 heavy (non-hydrogen) atoms. The molecule has 0 saturated carbocycles. The minimum absolute atomic E-state index is 0.908. The lowest BCUT2D eigenvalue weighted by Gasteiger charge is -2.14. The van der Waals surface area contributed by atoms with E-state index in [1.165, 1.54) is 27.2 Å². The Bertz CT molecular complexity index is 3580. The largest absolute Gasteiger partial charge is 0.309 e. The normalized spacial score (nSPS) is 11.7. The lowest BCUT2D eigenvalue weighted by molar-refractivity contribution is 1.18. The van der Waals surface area contributed by atoms with Crippen molar-refractivity contribution in [2.45, 2.75) is 0 Å². The van der Waals surface area contributed by atoms with Crippen molar-refractivity contribution in [3.05, 3.63) is 206 Å². The Morgan fingerprint density at radius 3 is 1.56 bits per heavy atom. The van der Waals surface area contributed by atoms with Crippen LogP contribution in [0.2, 0.25) is 0 Å². The third-order valence-corrected chi connectivity index (χ3v) is 11.8. The molecule has 4 heteroatoms. The van der Waals surface area contributed by atoms with Crippen molar-refractivity contribution in [3.8, 4) is 50.6 Å². The van der Waals surface area contributed by atoms with Crippen molar-refractivity contribution in [2.75, 3.05) is 0 Å². The highest BCUT2D eigenvalue weighted by Crippen LogP contribution is 2.41. The lowest BCUT2D eigenvalue weighted by Crippen LogP contribution is -1.94. The molecule has 0 spiro atoms. The van der Waals surface area contributed by atoms with E-state index in [9.17, 15) is 0 Å². The molecule has 0 saturated heterocycles. The Kier molecular flexibility index (Phi) is 7.50. The Balaban J connectivity index is 1.00. The molecule has 0 aliphatic rings. The topological polar surface area (TPSA) is 43.6 Å². The fourth-order valence-electron chi connectivity index (χ4n) is 8.85.